The van der Waals surface area contributed by atoms with Crippen LogP contribution < -0.4 is 5.32 Å². The van der Waals surface area contributed by atoms with Crippen LogP contribution >= 0.6 is 12.4 Å². The summed E-state index contributed by atoms with van der Waals surface area (Å²) in [5.74, 6) is 0. The third-order valence-corrected chi connectivity index (χ3v) is 2.45. The van der Waals surface area contributed by atoms with E-state index in [1.807, 2.05) is 0 Å². The first kappa shape index (κ1) is 9.79. The second-order valence-electron chi connectivity index (χ2n) is 3.32. The summed E-state index contributed by atoms with van der Waals surface area (Å²) in [6, 6.07) is 3.21. The molecule has 1 saturated heterocycles. The Labute approximate surface area is 79.1 Å². The molecule has 0 spiro atoms. The molecule has 3 nitrogen and oxygen atoms in total. The second kappa shape index (κ2) is 4.08. The Morgan fingerprint density at radius 3 is 2.75 bits per heavy atom. The lowest BCUT2D eigenvalue weighted by Crippen LogP contribution is -2.51. The van der Waals surface area contributed by atoms with Gasteiger partial charge in [-0.15, -0.1) is 12.4 Å². The van der Waals surface area contributed by atoms with Crippen LogP contribution in [0.25, 0.3) is 0 Å². The third kappa shape index (κ3) is 1.89. The molecular formula is C8H14ClN3. The number of hydrogen-bond acceptors (Lipinski definition) is 3. The number of nitrogens with one attached hydrogen (secondary N) is 1. The van der Waals surface area contributed by atoms with E-state index >= 15 is 0 Å². The molecule has 12 heavy (non-hydrogen) atoms. The molecule has 1 saturated carbocycles. The first-order chi connectivity index (χ1) is 5.42. The van der Waals surface area contributed by atoms with Gasteiger partial charge in [-0.3, -0.25) is 4.90 Å². The van der Waals surface area contributed by atoms with Crippen LogP contribution in [-0.4, -0.2) is 36.6 Å². The summed E-state index contributed by atoms with van der Waals surface area (Å²) in [6.45, 7) is 2.96. The molecule has 1 aliphatic heterocycles. The molecule has 2 rings (SSSR count). The summed E-state index contributed by atoms with van der Waals surface area (Å²) < 4.78 is 0. The maximum absolute atomic E-state index is 8.81. The molecule has 2 fully saturated rings. The summed E-state index contributed by atoms with van der Waals surface area (Å²) in [6.07, 6.45) is 2.61. The predicted octanol–water partition coefficient (Wildman–Crippen LogP) is 0.368. The zero-order chi connectivity index (χ0) is 7.68. The minimum absolute atomic E-state index is 0. The van der Waals surface area contributed by atoms with E-state index < -0.39 is 0 Å². The van der Waals surface area contributed by atoms with Gasteiger partial charge in [0.25, 0.3) is 0 Å². The van der Waals surface area contributed by atoms with Crippen LogP contribution in [0.2, 0.25) is 0 Å². The van der Waals surface area contributed by atoms with Crippen LogP contribution in [0.3, 0.4) is 0 Å². The van der Waals surface area contributed by atoms with Crippen molar-refractivity contribution in [1.82, 2.24) is 10.2 Å². The van der Waals surface area contributed by atoms with E-state index in [0.717, 1.165) is 25.7 Å². The summed E-state index contributed by atoms with van der Waals surface area (Å²) in [4.78, 5) is 2.34. The highest BCUT2D eigenvalue weighted by Crippen LogP contribution is 2.28. The Hall–Kier alpha value is -0.300. The molecule has 4 heteroatoms. The average molecular weight is 188 g/mol. The first-order valence-electron chi connectivity index (χ1n) is 4.28. The molecule has 0 aromatic heterocycles. The first-order valence-corrected chi connectivity index (χ1v) is 4.28. The van der Waals surface area contributed by atoms with Gasteiger partial charge in [0.1, 0.15) is 6.04 Å². The zero-order valence-corrected chi connectivity index (χ0v) is 7.81. The Kier molecular flexibility index (Phi) is 3.33. The molecule has 0 aromatic carbocycles. The normalized spacial score (nSPS) is 30.4. The van der Waals surface area contributed by atoms with Gasteiger partial charge >= 0.3 is 0 Å². The van der Waals surface area contributed by atoms with Gasteiger partial charge < -0.3 is 5.32 Å². The highest BCUT2D eigenvalue weighted by atomic mass is 35.5. The number of hydrogen-bond donors (Lipinski definition) is 1. The fourth-order valence-electron chi connectivity index (χ4n) is 1.68. The lowest BCUT2D eigenvalue weighted by Gasteiger charge is -2.31. The van der Waals surface area contributed by atoms with Gasteiger partial charge in [0.15, 0.2) is 0 Å². The van der Waals surface area contributed by atoms with E-state index in [4.69, 9.17) is 5.26 Å². The van der Waals surface area contributed by atoms with Gasteiger partial charge in [-0.05, 0) is 12.8 Å². The summed E-state index contributed by atoms with van der Waals surface area (Å²) in [5.41, 5.74) is 0. The maximum Gasteiger partial charge on any atom is 0.111 e. The number of nitrogens with zero attached hydrogens (tertiary/aromatic N) is 2. The van der Waals surface area contributed by atoms with Crippen LogP contribution in [0.4, 0.5) is 0 Å². The van der Waals surface area contributed by atoms with Crippen LogP contribution in [0.1, 0.15) is 12.8 Å². The van der Waals surface area contributed by atoms with E-state index in [0.29, 0.717) is 0 Å². The smallest absolute Gasteiger partial charge is 0.111 e. The van der Waals surface area contributed by atoms with Gasteiger partial charge in [0.05, 0.1) is 6.07 Å². The molecule has 1 heterocycles. The molecule has 0 radical (unpaired) electrons. The minimum Gasteiger partial charge on any atom is -0.313 e. The van der Waals surface area contributed by atoms with Crippen molar-refractivity contribution < 1.29 is 0 Å². The van der Waals surface area contributed by atoms with Gasteiger partial charge in [0.2, 0.25) is 0 Å². The van der Waals surface area contributed by atoms with Crippen molar-refractivity contribution in [3.63, 3.8) is 0 Å². The molecule has 1 aliphatic carbocycles. The predicted molar refractivity (Wildman–Crippen MR) is 49.2 cm³/mol. The second-order valence-corrected chi connectivity index (χ2v) is 3.32. The fourth-order valence-corrected chi connectivity index (χ4v) is 1.68. The van der Waals surface area contributed by atoms with Crippen molar-refractivity contribution in [2.45, 2.75) is 24.9 Å². The largest absolute Gasteiger partial charge is 0.313 e. The Morgan fingerprint density at radius 2 is 2.17 bits per heavy atom. The highest BCUT2D eigenvalue weighted by molar-refractivity contribution is 5.85. The van der Waals surface area contributed by atoms with Gasteiger partial charge in [-0.2, -0.15) is 5.26 Å². The minimum atomic E-state index is 0. The lowest BCUT2D eigenvalue weighted by atomic mass is 10.2. The average Bonchev–Trinajstić information content (AvgIpc) is 2.87. The molecular weight excluding hydrogens is 174 g/mol. The van der Waals surface area contributed by atoms with Crippen molar-refractivity contribution in [2.24, 2.45) is 0 Å². The molecule has 0 aromatic rings. The van der Waals surface area contributed by atoms with Crippen LogP contribution in [0, 0.1) is 11.3 Å². The lowest BCUT2D eigenvalue weighted by molar-refractivity contribution is 0.188. The quantitative estimate of drug-likeness (QED) is 0.645. The van der Waals surface area contributed by atoms with Crippen molar-refractivity contribution in [1.29, 1.82) is 5.26 Å². The summed E-state index contributed by atoms with van der Waals surface area (Å²) >= 11 is 0. The molecule has 1 N–H and O–H groups in total. The van der Waals surface area contributed by atoms with Crippen molar-refractivity contribution in [3.05, 3.63) is 0 Å². The Bertz CT molecular complexity index is 185. The molecule has 1 unspecified atom stereocenters. The van der Waals surface area contributed by atoms with E-state index in [9.17, 15) is 0 Å². The van der Waals surface area contributed by atoms with E-state index in [2.05, 4.69) is 16.3 Å². The van der Waals surface area contributed by atoms with Gasteiger partial charge in [0, 0.05) is 25.7 Å². The molecule has 0 bridgehead atoms. The number of halogens is 1. The number of nitriles is 1. The zero-order valence-electron chi connectivity index (χ0n) is 6.99. The monoisotopic (exact) mass is 187 g/mol. The maximum atomic E-state index is 8.81. The number of piperazine rings is 1. The van der Waals surface area contributed by atoms with Crippen LogP contribution in [0.15, 0.2) is 0 Å². The van der Waals surface area contributed by atoms with Crippen molar-refractivity contribution >= 4 is 12.4 Å². The molecule has 2 aliphatic rings. The van der Waals surface area contributed by atoms with E-state index in [-0.39, 0.29) is 18.4 Å². The highest BCUT2D eigenvalue weighted by Gasteiger charge is 2.34. The van der Waals surface area contributed by atoms with Gasteiger partial charge in [-0.25, -0.2) is 0 Å². The van der Waals surface area contributed by atoms with E-state index in [1.54, 1.807) is 0 Å². The summed E-state index contributed by atoms with van der Waals surface area (Å²) in [7, 11) is 0. The standard InChI is InChI=1S/C8H13N3.ClH/c9-5-8-6-10-3-4-11(8)7-1-2-7;/h7-8,10H,1-4,6H2;1H. The van der Waals surface area contributed by atoms with Crippen LogP contribution in [0.5, 0.6) is 0 Å². The fraction of sp³-hybridized carbons (Fsp3) is 0.875. The summed E-state index contributed by atoms with van der Waals surface area (Å²) in [5, 5.41) is 12.0. The molecule has 1 atom stereocenters. The molecule has 0 amide bonds. The topological polar surface area (TPSA) is 39.1 Å². The van der Waals surface area contributed by atoms with E-state index in [1.165, 1.54) is 12.8 Å². The van der Waals surface area contributed by atoms with Crippen molar-refractivity contribution in [2.75, 3.05) is 19.6 Å². The Balaban J connectivity index is 0.000000720. The molecule has 68 valence electrons. The van der Waals surface area contributed by atoms with Crippen molar-refractivity contribution in [3.8, 4) is 6.07 Å². The third-order valence-electron chi connectivity index (χ3n) is 2.45. The van der Waals surface area contributed by atoms with Crippen LogP contribution in [-0.2, 0) is 0 Å². The number of rotatable bonds is 1. The Morgan fingerprint density at radius 1 is 1.42 bits per heavy atom. The van der Waals surface area contributed by atoms with Gasteiger partial charge in [-0.1, -0.05) is 0 Å². The SMILES string of the molecule is Cl.N#CC1CNCCN1C1CC1.